The number of unbranched alkanes of at least 4 members (excludes halogenated alkanes) is 2. The van der Waals surface area contributed by atoms with Gasteiger partial charge in [0.2, 0.25) is 11.8 Å². The number of carbonyl (C=O) groups is 3. The van der Waals surface area contributed by atoms with Gasteiger partial charge in [0.05, 0.1) is 30.8 Å². The summed E-state index contributed by atoms with van der Waals surface area (Å²) in [6.45, 7) is 14.0. The molecular weight excluding hydrogens is 508 g/mol. The Kier molecular flexibility index (Phi) is 9.82. The molecule has 40 heavy (non-hydrogen) atoms. The van der Waals surface area contributed by atoms with E-state index < -0.39 is 41.1 Å². The van der Waals surface area contributed by atoms with Crippen molar-refractivity contribution in [3.8, 4) is 0 Å². The molecule has 0 aromatic carbocycles. The molecule has 0 aromatic heterocycles. The van der Waals surface area contributed by atoms with Crippen molar-refractivity contribution in [3.05, 3.63) is 25.3 Å². The molecule has 2 amide bonds. The standard InChI is InChI=1S/C32H50N2O6/c1-6-9-10-14-20-39-30(38)26-25-28(36)34(24(21-35)22(4)5)27(32(25)18-17-31(26,8-3)40-32)29(37)33(19-7-2)23-15-12-11-13-16-23/h6-7,22-27,35H,1-2,8-21H2,3-5H3/t24-,25-,26+,27?,31-,32?/m0/s1. The summed E-state index contributed by atoms with van der Waals surface area (Å²) in [4.78, 5) is 46.4. The smallest absolute Gasteiger partial charge is 0.312 e. The van der Waals surface area contributed by atoms with Crippen LogP contribution in [-0.2, 0) is 23.9 Å². The Bertz CT molecular complexity index is 961. The third kappa shape index (κ3) is 5.15. The number of carbonyl (C=O) groups excluding carboxylic acids is 3. The van der Waals surface area contributed by atoms with Crippen LogP contribution in [0, 0.1) is 17.8 Å². The zero-order valence-corrected chi connectivity index (χ0v) is 24.8. The molecule has 224 valence electrons. The van der Waals surface area contributed by atoms with E-state index in [1.807, 2.05) is 31.7 Å². The Balaban J connectivity index is 1.74. The van der Waals surface area contributed by atoms with Crippen molar-refractivity contribution in [2.75, 3.05) is 19.8 Å². The van der Waals surface area contributed by atoms with Crippen molar-refractivity contribution < 1.29 is 29.0 Å². The van der Waals surface area contributed by atoms with E-state index >= 15 is 0 Å². The summed E-state index contributed by atoms with van der Waals surface area (Å²) in [5.74, 6) is -2.49. The van der Waals surface area contributed by atoms with Crippen LogP contribution in [-0.4, -0.2) is 81.8 Å². The molecule has 1 spiro atoms. The van der Waals surface area contributed by atoms with Gasteiger partial charge in [-0.3, -0.25) is 14.4 Å². The van der Waals surface area contributed by atoms with Gasteiger partial charge in [0.1, 0.15) is 17.6 Å². The quantitative estimate of drug-likeness (QED) is 0.193. The summed E-state index contributed by atoms with van der Waals surface area (Å²) in [5.41, 5.74) is -1.95. The lowest BCUT2D eigenvalue weighted by Crippen LogP contribution is -2.61. The fourth-order valence-corrected chi connectivity index (χ4v) is 8.03. The minimum atomic E-state index is -1.12. The van der Waals surface area contributed by atoms with E-state index in [1.165, 1.54) is 0 Å². The number of nitrogens with zero attached hydrogens (tertiary/aromatic N) is 2. The van der Waals surface area contributed by atoms with Gasteiger partial charge in [-0.2, -0.15) is 0 Å². The molecule has 4 fully saturated rings. The number of ether oxygens (including phenoxy) is 2. The maximum absolute atomic E-state index is 14.7. The van der Waals surface area contributed by atoms with Crippen LogP contribution in [0.3, 0.4) is 0 Å². The molecule has 3 heterocycles. The molecule has 4 rings (SSSR count). The molecule has 1 N–H and O–H groups in total. The second kappa shape index (κ2) is 12.8. The lowest BCUT2D eigenvalue weighted by Gasteiger charge is -2.43. The minimum Gasteiger partial charge on any atom is -0.465 e. The van der Waals surface area contributed by atoms with E-state index in [-0.39, 0.29) is 37.0 Å². The van der Waals surface area contributed by atoms with Crippen molar-refractivity contribution in [2.24, 2.45) is 17.8 Å². The van der Waals surface area contributed by atoms with E-state index in [0.717, 1.165) is 51.4 Å². The van der Waals surface area contributed by atoms with Crippen molar-refractivity contribution in [3.63, 3.8) is 0 Å². The highest BCUT2D eigenvalue weighted by atomic mass is 16.6. The van der Waals surface area contributed by atoms with Gasteiger partial charge in [0.15, 0.2) is 0 Å². The highest BCUT2D eigenvalue weighted by Crippen LogP contribution is 2.65. The maximum atomic E-state index is 14.7. The molecule has 8 nitrogen and oxygen atoms in total. The highest BCUT2D eigenvalue weighted by Gasteiger charge is 2.79. The zero-order valence-electron chi connectivity index (χ0n) is 24.8. The fourth-order valence-electron chi connectivity index (χ4n) is 8.03. The lowest BCUT2D eigenvalue weighted by atomic mass is 9.65. The summed E-state index contributed by atoms with van der Waals surface area (Å²) >= 11 is 0. The fraction of sp³-hybridized carbons (Fsp3) is 0.781. The topological polar surface area (TPSA) is 96.4 Å². The van der Waals surface area contributed by atoms with Gasteiger partial charge in [0, 0.05) is 12.6 Å². The van der Waals surface area contributed by atoms with Crippen LogP contribution in [0.2, 0.25) is 0 Å². The SMILES string of the molecule is C=CCCCCOC(=O)[C@H]1[C@H]2C(=O)N([C@@H](CO)C(C)C)C(C(=O)N(CC=C)C3CCCCC3)C23CC[C@]1(CC)O3. The van der Waals surface area contributed by atoms with Gasteiger partial charge in [-0.25, -0.2) is 0 Å². The van der Waals surface area contributed by atoms with Crippen LogP contribution in [0.1, 0.15) is 91.4 Å². The van der Waals surface area contributed by atoms with Crippen LogP contribution in [0.15, 0.2) is 25.3 Å². The second-order valence-electron chi connectivity index (χ2n) is 12.6. The Morgan fingerprint density at radius 1 is 1.18 bits per heavy atom. The molecular formula is C32H50N2O6. The number of hydrogen-bond acceptors (Lipinski definition) is 6. The molecule has 2 unspecified atom stereocenters. The van der Waals surface area contributed by atoms with Gasteiger partial charge < -0.3 is 24.4 Å². The number of amides is 2. The molecule has 3 saturated heterocycles. The first-order chi connectivity index (χ1) is 19.2. The Morgan fingerprint density at radius 2 is 1.90 bits per heavy atom. The van der Waals surface area contributed by atoms with Crippen molar-refractivity contribution in [1.29, 1.82) is 0 Å². The van der Waals surface area contributed by atoms with Gasteiger partial charge >= 0.3 is 5.97 Å². The van der Waals surface area contributed by atoms with E-state index in [9.17, 15) is 19.5 Å². The van der Waals surface area contributed by atoms with Gasteiger partial charge in [0.25, 0.3) is 0 Å². The number of fused-ring (bicyclic) bond motifs is 1. The molecule has 1 aliphatic carbocycles. The number of aliphatic hydroxyl groups is 1. The Morgan fingerprint density at radius 3 is 2.50 bits per heavy atom. The normalized spacial score (nSPS) is 32.3. The van der Waals surface area contributed by atoms with Gasteiger partial charge in [-0.15, -0.1) is 13.2 Å². The zero-order chi connectivity index (χ0) is 29.1. The predicted molar refractivity (Wildman–Crippen MR) is 153 cm³/mol. The van der Waals surface area contributed by atoms with Crippen LogP contribution in [0.4, 0.5) is 0 Å². The molecule has 4 aliphatic rings. The van der Waals surface area contributed by atoms with Crippen molar-refractivity contribution >= 4 is 17.8 Å². The predicted octanol–water partition coefficient (Wildman–Crippen LogP) is 4.40. The van der Waals surface area contributed by atoms with E-state index in [1.54, 1.807) is 11.0 Å². The summed E-state index contributed by atoms with van der Waals surface area (Å²) < 4.78 is 12.7. The van der Waals surface area contributed by atoms with Crippen LogP contribution >= 0.6 is 0 Å². The third-order valence-corrected chi connectivity index (χ3v) is 10.1. The summed E-state index contributed by atoms with van der Waals surface area (Å²) in [6, 6.07) is -1.38. The first kappa shape index (κ1) is 30.8. The molecule has 6 atom stereocenters. The largest absolute Gasteiger partial charge is 0.465 e. The number of rotatable bonds is 14. The number of aliphatic hydroxyl groups excluding tert-OH is 1. The number of likely N-dealkylation sites (tertiary alicyclic amines) is 1. The minimum absolute atomic E-state index is 0.0772. The molecule has 0 radical (unpaired) electrons. The van der Waals surface area contributed by atoms with E-state index in [0.29, 0.717) is 25.8 Å². The number of allylic oxidation sites excluding steroid dienone is 1. The average Bonchev–Trinajstić information content (AvgIpc) is 3.56. The van der Waals surface area contributed by atoms with Gasteiger partial charge in [-0.05, 0) is 57.3 Å². The second-order valence-corrected chi connectivity index (χ2v) is 12.6. The van der Waals surface area contributed by atoms with Crippen LogP contribution in [0.25, 0.3) is 0 Å². The lowest BCUT2D eigenvalue weighted by molar-refractivity contribution is -0.165. The average molecular weight is 559 g/mol. The molecule has 2 bridgehead atoms. The summed E-state index contributed by atoms with van der Waals surface area (Å²) in [6.07, 6.45) is 12.9. The number of hydrogen-bond donors (Lipinski definition) is 1. The molecule has 0 aromatic rings. The molecule has 8 heteroatoms. The monoisotopic (exact) mass is 558 g/mol. The van der Waals surface area contributed by atoms with Crippen LogP contribution < -0.4 is 0 Å². The third-order valence-electron chi connectivity index (χ3n) is 10.1. The maximum Gasteiger partial charge on any atom is 0.312 e. The Hall–Kier alpha value is -2.19. The Labute approximate surface area is 240 Å². The van der Waals surface area contributed by atoms with Crippen molar-refractivity contribution in [1.82, 2.24) is 9.80 Å². The highest BCUT2D eigenvalue weighted by molar-refractivity contribution is 5.99. The molecule has 3 aliphatic heterocycles. The van der Waals surface area contributed by atoms with E-state index in [4.69, 9.17) is 9.47 Å². The van der Waals surface area contributed by atoms with Gasteiger partial charge in [-0.1, -0.05) is 52.2 Å². The summed E-state index contributed by atoms with van der Waals surface area (Å²) in [7, 11) is 0. The summed E-state index contributed by atoms with van der Waals surface area (Å²) in [5, 5.41) is 10.5. The van der Waals surface area contributed by atoms with Crippen molar-refractivity contribution in [2.45, 2.75) is 121 Å². The van der Waals surface area contributed by atoms with Crippen LogP contribution in [0.5, 0.6) is 0 Å². The first-order valence-electron chi connectivity index (χ1n) is 15.5. The molecule has 1 saturated carbocycles. The first-order valence-corrected chi connectivity index (χ1v) is 15.5. The number of esters is 1. The van der Waals surface area contributed by atoms with E-state index in [2.05, 4.69) is 13.2 Å².